The van der Waals surface area contributed by atoms with Crippen molar-refractivity contribution in [3.8, 4) is 5.75 Å². The molecule has 0 saturated heterocycles. The lowest BCUT2D eigenvalue weighted by atomic mass is 10.1. The molecular weight excluding hydrogens is 294 g/mol. The number of nitrogens with zero attached hydrogens (tertiary/aromatic N) is 1. The van der Waals surface area contributed by atoms with E-state index in [2.05, 4.69) is 13.0 Å². The van der Waals surface area contributed by atoms with Crippen LogP contribution < -0.4 is 9.64 Å². The van der Waals surface area contributed by atoms with Gasteiger partial charge in [-0.15, -0.1) is 11.8 Å². The number of hydrogen-bond donors (Lipinski definition) is 0. The first kappa shape index (κ1) is 15.0. The van der Waals surface area contributed by atoms with Gasteiger partial charge < -0.3 is 9.64 Å². The third-order valence-electron chi connectivity index (χ3n) is 3.90. The zero-order valence-corrected chi connectivity index (χ0v) is 13.6. The van der Waals surface area contributed by atoms with Gasteiger partial charge in [-0.3, -0.25) is 4.79 Å². The van der Waals surface area contributed by atoms with E-state index in [1.54, 1.807) is 18.9 Å². The summed E-state index contributed by atoms with van der Waals surface area (Å²) in [6.07, 6.45) is 0.940. The normalized spacial score (nSPS) is 16.5. The molecule has 1 aliphatic heterocycles. The van der Waals surface area contributed by atoms with Crippen LogP contribution in [0.1, 0.15) is 12.5 Å². The van der Waals surface area contributed by atoms with Crippen LogP contribution in [-0.2, 0) is 11.2 Å². The Morgan fingerprint density at radius 2 is 1.95 bits per heavy atom. The van der Waals surface area contributed by atoms with E-state index < -0.39 is 0 Å². The molecule has 4 heteroatoms. The molecular formula is C18H19NO2S. The van der Waals surface area contributed by atoms with E-state index in [-0.39, 0.29) is 11.9 Å². The minimum Gasteiger partial charge on any atom is -0.497 e. The summed E-state index contributed by atoms with van der Waals surface area (Å²) in [5, 5.41) is 0. The molecule has 114 valence electrons. The Bertz CT molecular complexity index is 669. The number of amides is 1. The van der Waals surface area contributed by atoms with Gasteiger partial charge in [-0.05, 0) is 49.2 Å². The van der Waals surface area contributed by atoms with E-state index >= 15 is 0 Å². The van der Waals surface area contributed by atoms with E-state index in [1.165, 1.54) is 5.56 Å². The smallest absolute Gasteiger partial charge is 0.237 e. The van der Waals surface area contributed by atoms with E-state index in [1.807, 2.05) is 47.4 Å². The third kappa shape index (κ3) is 2.97. The molecule has 2 aromatic carbocycles. The molecule has 0 unspecified atom stereocenters. The standard InChI is InChI=1S/C18H19NO2S/c1-13-11-14-5-3-4-6-17(14)19(13)18(20)12-22-16-9-7-15(21-2)8-10-16/h3-10,13H,11-12H2,1-2H3/t13-/m0/s1. The van der Waals surface area contributed by atoms with Gasteiger partial charge in [0.05, 0.1) is 12.9 Å². The Morgan fingerprint density at radius 3 is 2.68 bits per heavy atom. The number of carbonyl (C=O) groups excluding carboxylic acids is 1. The summed E-state index contributed by atoms with van der Waals surface area (Å²) in [6, 6.07) is 16.2. The molecule has 0 spiro atoms. The van der Waals surface area contributed by atoms with Crippen molar-refractivity contribution in [1.29, 1.82) is 0 Å². The molecule has 0 bridgehead atoms. The minimum atomic E-state index is 0.165. The van der Waals surface area contributed by atoms with Crippen LogP contribution in [0, 0.1) is 0 Å². The molecule has 0 aliphatic carbocycles. The summed E-state index contributed by atoms with van der Waals surface area (Å²) in [5.41, 5.74) is 2.33. The van der Waals surface area contributed by atoms with Gasteiger partial charge in [0, 0.05) is 16.6 Å². The second kappa shape index (κ2) is 6.44. The summed E-state index contributed by atoms with van der Waals surface area (Å²) < 4.78 is 5.14. The van der Waals surface area contributed by atoms with Gasteiger partial charge in [0.1, 0.15) is 5.75 Å². The van der Waals surface area contributed by atoms with E-state index in [4.69, 9.17) is 4.74 Å². The van der Waals surface area contributed by atoms with Crippen molar-refractivity contribution in [2.75, 3.05) is 17.8 Å². The number of fused-ring (bicyclic) bond motifs is 1. The monoisotopic (exact) mass is 313 g/mol. The van der Waals surface area contributed by atoms with Gasteiger partial charge in [-0.2, -0.15) is 0 Å². The van der Waals surface area contributed by atoms with Gasteiger partial charge in [0.2, 0.25) is 5.91 Å². The molecule has 1 atom stereocenters. The number of hydrogen-bond acceptors (Lipinski definition) is 3. The van der Waals surface area contributed by atoms with Crippen LogP contribution in [0.25, 0.3) is 0 Å². The highest BCUT2D eigenvalue weighted by Crippen LogP contribution is 2.33. The summed E-state index contributed by atoms with van der Waals surface area (Å²) in [7, 11) is 1.65. The van der Waals surface area contributed by atoms with Crippen molar-refractivity contribution in [2.45, 2.75) is 24.3 Å². The van der Waals surface area contributed by atoms with Crippen LogP contribution in [0.15, 0.2) is 53.4 Å². The number of methoxy groups -OCH3 is 1. The van der Waals surface area contributed by atoms with Gasteiger partial charge in [0.25, 0.3) is 0 Å². The van der Waals surface area contributed by atoms with Gasteiger partial charge in [0.15, 0.2) is 0 Å². The van der Waals surface area contributed by atoms with Crippen molar-refractivity contribution in [2.24, 2.45) is 0 Å². The number of rotatable bonds is 4. The van der Waals surface area contributed by atoms with E-state index in [9.17, 15) is 4.79 Å². The van der Waals surface area contributed by atoms with Crippen LogP contribution in [0.2, 0.25) is 0 Å². The molecule has 3 nitrogen and oxygen atoms in total. The predicted molar refractivity (Wildman–Crippen MR) is 90.8 cm³/mol. The van der Waals surface area contributed by atoms with Gasteiger partial charge in [-0.1, -0.05) is 18.2 Å². The molecule has 0 radical (unpaired) electrons. The Labute approximate surface area is 135 Å². The van der Waals surface area contributed by atoms with Crippen molar-refractivity contribution in [3.05, 3.63) is 54.1 Å². The molecule has 1 amide bonds. The van der Waals surface area contributed by atoms with Crippen molar-refractivity contribution in [3.63, 3.8) is 0 Å². The lowest BCUT2D eigenvalue weighted by Crippen LogP contribution is -2.36. The zero-order chi connectivity index (χ0) is 15.5. The molecule has 0 N–H and O–H groups in total. The van der Waals surface area contributed by atoms with Crippen LogP contribution in [-0.4, -0.2) is 24.8 Å². The lowest BCUT2D eigenvalue weighted by molar-refractivity contribution is -0.116. The number of ether oxygens (including phenoxy) is 1. The Morgan fingerprint density at radius 1 is 1.23 bits per heavy atom. The summed E-state index contributed by atoms with van der Waals surface area (Å²) in [4.78, 5) is 15.6. The van der Waals surface area contributed by atoms with Crippen LogP contribution in [0.5, 0.6) is 5.75 Å². The number of carbonyl (C=O) groups is 1. The maximum absolute atomic E-state index is 12.6. The molecule has 1 heterocycles. The first-order valence-electron chi connectivity index (χ1n) is 7.36. The Kier molecular flexibility index (Phi) is 4.39. The third-order valence-corrected chi connectivity index (χ3v) is 4.89. The molecule has 0 fully saturated rings. The fourth-order valence-corrected chi connectivity index (χ4v) is 3.59. The highest BCUT2D eigenvalue weighted by molar-refractivity contribution is 8.00. The highest BCUT2D eigenvalue weighted by atomic mass is 32.2. The first-order valence-corrected chi connectivity index (χ1v) is 8.34. The Balaban J connectivity index is 1.67. The van der Waals surface area contributed by atoms with Gasteiger partial charge >= 0.3 is 0 Å². The van der Waals surface area contributed by atoms with E-state index in [0.717, 1.165) is 22.8 Å². The van der Waals surface area contributed by atoms with Gasteiger partial charge in [-0.25, -0.2) is 0 Å². The first-order chi connectivity index (χ1) is 10.7. The van der Waals surface area contributed by atoms with Crippen molar-refractivity contribution >= 4 is 23.4 Å². The highest BCUT2D eigenvalue weighted by Gasteiger charge is 2.30. The van der Waals surface area contributed by atoms with Crippen molar-refractivity contribution in [1.82, 2.24) is 0 Å². The molecule has 22 heavy (non-hydrogen) atoms. The SMILES string of the molecule is COc1ccc(SCC(=O)N2c3ccccc3C[C@@H]2C)cc1. The maximum Gasteiger partial charge on any atom is 0.237 e. The summed E-state index contributed by atoms with van der Waals surface area (Å²) >= 11 is 1.56. The molecule has 0 saturated carbocycles. The zero-order valence-electron chi connectivity index (χ0n) is 12.8. The van der Waals surface area contributed by atoms with Crippen molar-refractivity contribution < 1.29 is 9.53 Å². The predicted octanol–water partition coefficient (Wildman–Crippen LogP) is 3.77. The maximum atomic E-state index is 12.6. The van der Waals surface area contributed by atoms with E-state index in [0.29, 0.717) is 5.75 Å². The fourth-order valence-electron chi connectivity index (χ4n) is 2.83. The van der Waals surface area contributed by atoms with Crippen LogP contribution in [0.4, 0.5) is 5.69 Å². The Hall–Kier alpha value is -1.94. The number of thioether (sulfide) groups is 1. The van der Waals surface area contributed by atoms with Crippen LogP contribution >= 0.6 is 11.8 Å². The topological polar surface area (TPSA) is 29.5 Å². The number of benzene rings is 2. The fraction of sp³-hybridized carbons (Fsp3) is 0.278. The minimum absolute atomic E-state index is 0.165. The quantitative estimate of drug-likeness (QED) is 0.805. The second-order valence-electron chi connectivity index (χ2n) is 5.41. The lowest BCUT2D eigenvalue weighted by Gasteiger charge is -2.22. The molecule has 0 aromatic heterocycles. The average Bonchev–Trinajstić information content (AvgIpc) is 2.89. The largest absolute Gasteiger partial charge is 0.497 e. The summed E-state index contributed by atoms with van der Waals surface area (Å²) in [6.45, 7) is 2.11. The molecule has 2 aromatic rings. The average molecular weight is 313 g/mol. The van der Waals surface area contributed by atoms with Crippen LogP contribution in [0.3, 0.4) is 0 Å². The number of para-hydroxylation sites is 1. The molecule has 1 aliphatic rings. The molecule has 3 rings (SSSR count). The number of anilines is 1. The summed E-state index contributed by atoms with van der Waals surface area (Å²) in [5.74, 6) is 1.45. The second-order valence-corrected chi connectivity index (χ2v) is 6.46.